The summed E-state index contributed by atoms with van der Waals surface area (Å²) < 4.78 is 26.7. The molecule has 1 saturated heterocycles. The second-order valence-corrected chi connectivity index (χ2v) is 6.72. The normalized spacial score (nSPS) is 24.2. The zero-order valence-corrected chi connectivity index (χ0v) is 13.9. The predicted octanol–water partition coefficient (Wildman–Crippen LogP) is 2.32. The highest BCUT2D eigenvalue weighted by molar-refractivity contribution is 6.07. The molecule has 25 heavy (non-hydrogen) atoms. The molecule has 3 amide bonds. The molecule has 1 aliphatic heterocycles. The molecular weight excluding hydrogens is 330 g/mol. The topological polar surface area (TPSA) is 66.5 Å². The van der Waals surface area contributed by atoms with Crippen LogP contribution in [0.15, 0.2) is 18.2 Å². The molecule has 1 aromatic rings. The maximum absolute atomic E-state index is 13.8. The molecule has 7 heteroatoms. The quantitative estimate of drug-likeness (QED) is 0.848. The number of fused-ring (bicyclic) bond motifs is 1. The van der Waals surface area contributed by atoms with Gasteiger partial charge in [0, 0.05) is 11.6 Å². The SMILES string of the molecule is C[C@@H](NC(=O)CN1C(=O)[C@H]2CCCC[C@@H]2C1=O)c1ccc(F)cc1F. The smallest absolute Gasteiger partial charge is 0.240 e. The summed E-state index contributed by atoms with van der Waals surface area (Å²) >= 11 is 0. The third-order valence-electron chi connectivity index (χ3n) is 5.04. The standard InChI is InChI=1S/C18H20F2N2O3/c1-10(12-7-6-11(19)8-15(12)20)21-16(23)9-22-17(24)13-4-2-3-5-14(13)18(22)25/h6-8,10,13-14H,2-5,9H2,1H3,(H,21,23)/t10-,13+,14+/m1/s1. The van der Waals surface area contributed by atoms with Crippen molar-refractivity contribution in [2.45, 2.75) is 38.6 Å². The van der Waals surface area contributed by atoms with Crippen molar-refractivity contribution in [3.8, 4) is 0 Å². The lowest BCUT2D eigenvalue weighted by Crippen LogP contribution is -2.41. The minimum atomic E-state index is -0.757. The number of imide groups is 1. The Balaban J connectivity index is 1.64. The van der Waals surface area contributed by atoms with Crippen molar-refractivity contribution in [1.29, 1.82) is 0 Å². The van der Waals surface area contributed by atoms with Gasteiger partial charge in [-0.05, 0) is 25.8 Å². The van der Waals surface area contributed by atoms with E-state index in [4.69, 9.17) is 0 Å². The Bertz CT molecular complexity index is 698. The average molecular weight is 350 g/mol. The fraction of sp³-hybridized carbons (Fsp3) is 0.500. The highest BCUT2D eigenvalue weighted by atomic mass is 19.1. The number of amides is 3. The molecule has 1 N–H and O–H groups in total. The Morgan fingerprint density at radius 2 is 1.80 bits per heavy atom. The molecule has 0 spiro atoms. The molecule has 134 valence electrons. The van der Waals surface area contributed by atoms with E-state index in [9.17, 15) is 23.2 Å². The maximum Gasteiger partial charge on any atom is 0.240 e. The van der Waals surface area contributed by atoms with Crippen LogP contribution in [-0.4, -0.2) is 29.2 Å². The van der Waals surface area contributed by atoms with Gasteiger partial charge < -0.3 is 5.32 Å². The average Bonchev–Trinajstić information content (AvgIpc) is 2.80. The highest BCUT2D eigenvalue weighted by Crippen LogP contribution is 2.37. The van der Waals surface area contributed by atoms with Crippen LogP contribution in [0.1, 0.15) is 44.2 Å². The Kier molecular flexibility index (Phi) is 4.83. The lowest BCUT2D eigenvalue weighted by molar-refractivity contribution is -0.143. The lowest BCUT2D eigenvalue weighted by atomic mass is 9.81. The Morgan fingerprint density at radius 1 is 1.20 bits per heavy atom. The number of likely N-dealkylation sites (tertiary alicyclic amines) is 1. The number of nitrogens with zero attached hydrogens (tertiary/aromatic N) is 1. The molecule has 3 atom stereocenters. The number of halogens is 2. The highest BCUT2D eigenvalue weighted by Gasteiger charge is 2.48. The summed E-state index contributed by atoms with van der Waals surface area (Å²) in [6.45, 7) is 1.19. The largest absolute Gasteiger partial charge is 0.348 e. The Labute approximate surface area is 144 Å². The van der Waals surface area contributed by atoms with Gasteiger partial charge in [0.2, 0.25) is 17.7 Å². The van der Waals surface area contributed by atoms with E-state index in [0.29, 0.717) is 12.8 Å². The molecule has 0 aromatic heterocycles. The number of carbonyl (C=O) groups is 3. The van der Waals surface area contributed by atoms with Gasteiger partial charge in [-0.2, -0.15) is 0 Å². The summed E-state index contributed by atoms with van der Waals surface area (Å²) in [5.41, 5.74) is 0.141. The first-order chi connectivity index (χ1) is 11.9. The molecular formula is C18H20F2N2O3. The molecule has 1 heterocycles. The van der Waals surface area contributed by atoms with Gasteiger partial charge in [0.05, 0.1) is 17.9 Å². The number of nitrogens with one attached hydrogen (secondary N) is 1. The maximum atomic E-state index is 13.8. The summed E-state index contributed by atoms with van der Waals surface area (Å²) in [5.74, 6) is -3.18. The number of rotatable bonds is 4. The molecule has 5 nitrogen and oxygen atoms in total. The van der Waals surface area contributed by atoms with E-state index in [1.54, 1.807) is 6.92 Å². The second kappa shape index (κ2) is 6.90. The monoisotopic (exact) mass is 350 g/mol. The number of benzene rings is 1. The van der Waals surface area contributed by atoms with Gasteiger partial charge in [-0.3, -0.25) is 19.3 Å². The van der Waals surface area contributed by atoms with Crippen LogP contribution in [0.5, 0.6) is 0 Å². The molecule has 1 aliphatic carbocycles. The van der Waals surface area contributed by atoms with Crippen LogP contribution in [0.4, 0.5) is 8.78 Å². The lowest BCUT2D eigenvalue weighted by Gasteiger charge is -2.19. The van der Waals surface area contributed by atoms with Crippen LogP contribution in [0, 0.1) is 23.5 Å². The molecule has 0 unspecified atom stereocenters. The van der Waals surface area contributed by atoms with Crippen molar-refractivity contribution in [1.82, 2.24) is 10.2 Å². The van der Waals surface area contributed by atoms with Crippen LogP contribution < -0.4 is 5.32 Å². The van der Waals surface area contributed by atoms with Crippen molar-refractivity contribution < 1.29 is 23.2 Å². The Hall–Kier alpha value is -2.31. The summed E-state index contributed by atoms with van der Waals surface area (Å²) in [6, 6.07) is 2.41. The third kappa shape index (κ3) is 3.41. The van der Waals surface area contributed by atoms with E-state index >= 15 is 0 Å². The first kappa shape index (κ1) is 17.5. The molecule has 2 aliphatic rings. The van der Waals surface area contributed by atoms with Gasteiger partial charge in [0.25, 0.3) is 0 Å². The number of carbonyl (C=O) groups excluding carboxylic acids is 3. The van der Waals surface area contributed by atoms with Gasteiger partial charge in [-0.1, -0.05) is 18.9 Å². The van der Waals surface area contributed by atoms with E-state index in [2.05, 4.69) is 5.32 Å². The van der Waals surface area contributed by atoms with Crippen molar-refractivity contribution in [3.63, 3.8) is 0 Å². The van der Waals surface area contributed by atoms with Gasteiger partial charge in [-0.25, -0.2) is 8.78 Å². The summed E-state index contributed by atoms with van der Waals surface area (Å²) in [4.78, 5) is 37.9. The Morgan fingerprint density at radius 3 is 2.36 bits per heavy atom. The molecule has 0 bridgehead atoms. The van der Waals surface area contributed by atoms with Crippen molar-refractivity contribution >= 4 is 17.7 Å². The molecule has 3 rings (SSSR count). The minimum absolute atomic E-state index is 0.141. The number of hydrogen-bond acceptors (Lipinski definition) is 3. The first-order valence-electron chi connectivity index (χ1n) is 8.48. The van der Waals surface area contributed by atoms with Crippen molar-refractivity contribution in [2.75, 3.05) is 6.54 Å². The van der Waals surface area contributed by atoms with E-state index < -0.39 is 23.6 Å². The predicted molar refractivity (Wildman–Crippen MR) is 85.1 cm³/mol. The van der Waals surface area contributed by atoms with E-state index in [1.807, 2.05) is 0 Å². The van der Waals surface area contributed by atoms with Crippen LogP contribution in [0.3, 0.4) is 0 Å². The van der Waals surface area contributed by atoms with E-state index in [-0.39, 0.29) is 35.8 Å². The van der Waals surface area contributed by atoms with E-state index in [1.165, 1.54) is 6.07 Å². The summed E-state index contributed by atoms with van der Waals surface area (Å²) in [7, 11) is 0. The molecule has 0 radical (unpaired) electrons. The summed E-state index contributed by atoms with van der Waals surface area (Å²) in [5, 5.41) is 2.56. The van der Waals surface area contributed by atoms with Crippen LogP contribution in [0.25, 0.3) is 0 Å². The molecule has 2 fully saturated rings. The second-order valence-electron chi connectivity index (χ2n) is 6.72. The van der Waals surface area contributed by atoms with Gasteiger partial charge in [0.1, 0.15) is 18.2 Å². The number of hydrogen-bond donors (Lipinski definition) is 1. The van der Waals surface area contributed by atoms with Crippen LogP contribution >= 0.6 is 0 Å². The van der Waals surface area contributed by atoms with Gasteiger partial charge >= 0.3 is 0 Å². The molecule has 1 saturated carbocycles. The minimum Gasteiger partial charge on any atom is -0.348 e. The van der Waals surface area contributed by atoms with Crippen LogP contribution in [0.2, 0.25) is 0 Å². The summed E-state index contributed by atoms with van der Waals surface area (Å²) in [6.07, 6.45) is 3.21. The van der Waals surface area contributed by atoms with Crippen molar-refractivity contribution in [2.24, 2.45) is 11.8 Å². The van der Waals surface area contributed by atoms with Gasteiger partial charge in [0.15, 0.2) is 0 Å². The molecule has 1 aromatic carbocycles. The fourth-order valence-corrected chi connectivity index (χ4v) is 3.75. The zero-order chi connectivity index (χ0) is 18.1. The zero-order valence-electron chi connectivity index (χ0n) is 13.9. The third-order valence-corrected chi connectivity index (χ3v) is 5.04. The van der Waals surface area contributed by atoms with Crippen LogP contribution in [-0.2, 0) is 14.4 Å². The van der Waals surface area contributed by atoms with Gasteiger partial charge in [-0.15, -0.1) is 0 Å². The van der Waals surface area contributed by atoms with Crippen molar-refractivity contribution in [3.05, 3.63) is 35.4 Å². The first-order valence-corrected chi connectivity index (χ1v) is 8.48. The van der Waals surface area contributed by atoms with E-state index in [0.717, 1.165) is 29.9 Å². The fourth-order valence-electron chi connectivity index (χ4n) is 3.75.